The van der Waals surface area contributed by atoms with E-state index in [0.717, 1.165) is 4.90 Å². The molecule has 0 heterocycles. The molecule has 1 aromatic carbocycles. The number of nitrogens with two attached hydrogens (primary N) is 1. The lowest BCUT2D eigenvalue weighted by Gasteiger charge is -2.16. The summed E-state index contributed by atoms with van der Waals surface area (Å²) >= 11 is 1.63. The molecule has 0 aliphatic rings. The normalized spacial score (nSPS) is 15.1. The maximum atomic E-state index is 9.62. The van der Waals surface area contributed by atoms with Crippen molar-refractivity contribution in [3.05, 3.63) is 29.8 Å². The Morgan fingerprint density at radius 1 is 1.29 bits per heavy atom. The van der Waals surface area contributed by atoms with Gasteiger partial charge in [0.15, 0.2) is 0 Å². The van der Waals surface area contributed by atoms with Gasteiger partial charge in [0.05, 0.1) is 6.10 Å². The van der Waals surface area contributed by atoms with E-state index in [1.165, 1.54) is 0 Å². The molecule has 0 spiro atoms. The monoisotopic (exact) mass is 213 g/mol. The number of hydrogen-bond donors (Lipinski definition) is 3. The zero-order valence-electron chi connectivity index (χ0n) is 8.05. The van der Waals surface area contributed by atoms with Gasteiger partial charge in [0.1, 0.15) is 6.10 Å². The first kappa shape index (κ1) is 11.5. The van der Waals surface area contributed by atoms with Crippen LogP contribution in [0.1, 0.15) is 11.7 Å². The van der Waals surface area contributed by atoms with E-state index >= 15 is 0 Å². The fourth-order valence-corrected chi connectivity index (χ4v) is 1.56. The van der Waals surface area contributed by atoms with Gasteiger partial charge in [-0.15, -0.1) is 11.8 Å². The molecule has 78 valence electrons. The Labute approximate surface area is 87.9 Å². The molecule has 1 aromatic rings. The van der Waals surface area contributed by atoms with Gasteiger partial charge in [-0.1, -0.05) is 12.1 Å². The number of rotatable bonds is 4. The van der Waals surface area contributed by atoms with E-state index in [1.807, 2.05) is 18.4 Å². The van der Waals surface area contributed by atoms with Crippen molar-refractivity contribution in [2.24, 2.45) is 5.73 Å². The maximum Gasteiger partial charge on any atom is 0.106 e. The van der Waals surface area contributed by atoms with Crippen molar-refractivity contribution in [3.8, 4) is 0 Å². The molecule has 0 aromatic heterocycles. The van der Waals surface area contributed by atoms with E-state index in [9.17, 15) is 10.2 Å². The Bertz CT molecular complexity index is 276. The molecule has 2 unspecified atom stereocenters. The SMILES string of the molecule is CSc1ccc(C(O)C(O)CN)cc1. The fourth-order valence-electron chi connectivity index (χ4n) is 1.15. The van der Waals surface area contributed by atoms with Crippen molar-refractivity contribution in [1.82, 2.24) is 0 Å². The van der Waals surface area contributed by atoms with Crippen LogP contribution in [0.3, 0.4) is 0 Å². The average molecular weight is 213 g/mol. The highest BCUT2D eigenvalue weighted by atomic mass is 32.2. The summed E-state index contributed by atoms with van der Waals surface area (Å²) in [6, 6.07) is 7.42. The quantitative estimate of drug-likeness (QED) is 0.646. The first-order valence-corrected chi connectivity index (χ1v) is 5.61. The molecule has 0 saturated carbocycles. The minimum Gasteiger partial charge on any atom is -0.389 e. The highest BCUT2D eigenvalue weighted by Crippen LogP contribution is 2.20. The van der Waals surface area contributed by atoms with Crippen molar-refractivity contribution in [2.75, 3.05) is 12.8 Å². The zero-order chi connectivity index (χ0) is 10.6. The average Bonchev–Trinajstić information content (AvgIpc) is 2.27. The van der Waals surface area contributed by atoms with E-state index in [2.05, 4.69) is 0 Å². The summed E-state index contributed by atoms with van der Waals surface area (Å²) in [7, 11) is 0. The Kier molecular flexibility index (Phi) is 4.41. The molecule has 0 radical (unpaired) electrons. The molecule has 0 aliphatic carbocycles. The van der Waals surface area contributed by atoms with Crippen molar-refractivity contribution < 1.29 is 10.2 Å². The number of aliphatic hydroxyl groups excluding tert-OH is 2. The van der Waals surface area contributed by atoms with Crippen molar-refractivity contribution in [1.29, 1.82) is 0 Å². The summed E-state index contributed by atoms with van der Waals surface area (Å²) in [4.78, 5) is 1.13. The molecular weight excluding hydrogens is 198 g/mol. The van der Waals surface area contributed by atoms with Gasteiger partial charge >= 0.3 is 0 Å². The van der Waals surface area contributed by atoms with Gasteiger partial charge in [0, 0.05) is 11.4 Å². The third-order valence-electron chi connectivity index (χ3n) is 2.06. The predicted molar refractivity (Wildman–Crippen MR) is 58.2 cm³/mol. The molecule has 0 saturated heterocycles. The maximum absolute atomic E-state index is 9.62. The number of benzene rings is 1. The van der Waals surface area contributed by atoms with Crippen LogP contribution in [0.2, 0.25) is 0 Å². The van der Waals surface area contributed by atoms with Gasteiger partial charge < -0.3 is 15.9 Å². The van der Waals surface area contributed by atoms with Crippen LogP contribution in [0.25, 0.3) is 0 Å². The Morgan fingerprint density at radius 3 is 2.29 bits per heavy atom. The van der Waals surface area contributed by atoms with Gasteiger partial charge in [-0.05, 0) is 24.0 Å². The third kappa shape index (κ3) is 2.72. The van der Waals surface area contributed by atoms with Gasteiger partial charge in [-0.2, -0.15) is 0 Å². The van der Waals surface area contributed by atoms with E-state index in [0.29, 0.717) is 5.56 Å². The standard InChI is InChI=1S/C10H15NO2S/c1-14-8-4-2-7(3-5-8)10(13)9(12)6-11/h2-5,9-10,12-13H,6,11H2,1H3. The van der Waals surface area contributed by atoms with Crippen molar-refractivity contribution in [3.63, 3.8) is 0 Å². The van der Waals surface area contributed by atoms with E-state index in [1.54, 1.807) is 23.9 Å². The molecule has 1 rings (SSSR count). The van der Waals surface area contributed by atoms with Crippen LogP contribution in [-0.2, 0) is 0 Å². The predicted octanol–water partition coefficient (Wildman–Crippen LogP) is 0.762. The number of hydrogen-bond acceptors (Lipinski definition) is 4. The molecular formula is C10H15NO2S. The molecule has 14 heavy (non-hydrogen) atoms. The fraction of sp³-hybridized carbons (Fsp3) is 0.400. The van der Waals surface area contributed by atoms with E-state index < -0.39 is 12.2 Å². The lowest BCUT2D eigenvalue weighted by molar-refractivity contribution is 0.0243. The molecule has 4 heteroatoms. The molecule has 3 nitrogen and oxygen atoms in total. The smallest absolute Gasteiger partial charge is 0.106 e. The van der Waals surface area contributed by atoms with E-state index in [-0.39, 0.29) is 6.54 Å². The molecule has 0 fully saturated rings. The zero-order valence-corrected chi connectivity index (χ0v) is 8.87. The van der Waals surface area contributed by atoms with Crippen molar-refractivity contribution >= 4 is 11.8 Å². The minimum absolute atomic E-state index is 0.0610. The Morgan fingerprint density at radius 2 is 1.86 bits per heavy atom. The van der Waals surface area contributed by atoms with Crippen LogP contribution >= 0.6 is 11.8 Å². The van der Waals surface area contributed by atoms with Crippen LogP contribution in [0.15, 0.2) is 29.2 Å². The number of aliphatic hydroxyl groups is 2. The summed E-state index contributed by atoms with van der Waals surface area (Å²) in [6.07, 6.45) is 0.200. The highest BCUT2D eigenvalue weighted by molar-refractivity contribution is 7.98. The van der Waals surface area contributed by atoms with Crippen molar-refractivity contribution in [2.45, 2.75) is 17.1 Å². The lowest BCUT2D eigenvalue weighted by atomic mass is 10.0. The van der Waals surface area contributed by atoms with Gasteiger partial charge in [0.2, 0.25) is 0 Å². The lowest BCUT2D eigenvalue weighted by Crippen LogP contribution is -2.27. The van der Waals surface area contributed by atoms with Gasteiger partial charge in [-0.3, -0.25) is 0 Å². The molecule has 0 bridgehead atoms. The summed E-state index contributed by atoms with van der Waals surface area (Å²) in [6.45, 7) is 0.0610. The minimum atomic E-state index is -0.893. The van der Waals surface area contributed by atoms with Crippen LogP contribution in [0.4, 0.5) is 0 Å². The summed E-state index contributed by atoms with van der Waals surface area (Å²) < 4.78 is 0. The first-order chi connectivity index (χ1) is 6.69. The van der Waals surface area contributed by atoms with Gasteiger partial charge in [-0.25, -0.2) is 0 Å². The molecule has 4 N–H and O–H groups in total. The molecule has 0 amide bonds. The number of thioether (sulfide) groups is 1. The topological polar surface area (TPSA) is 66.5 Å². The van der Waals surface area contributed by atoms with Gasteiger partial charge in [0.25, 0.3) is 0 Å². The largest absolute Gasteiger partial charge is 0.389 e. The van der Waals surface area contributed by atoms with Crippen LogP contribution in [-0.4, -0.2) is 29.1 Å². The van der Waals surface area contributed by atoms with Crippen LogP contribution in [0, 0.1) is 0 Å². The highest BCUT2D eigenvalue weighted by Gasteiger charge is 2.16. The van der Waals surface area contributed by atoms with Crippen LogP contribution < -0.4 is 5.73 Å². The Hall–Kier alpha value is -0.550. The van der Waals surface area contributed by atoms with E-state index in [4.69, 9.17) is 5.73 Å². The Balaban J connectivity index is 2.75. The first-order valence-electron chi connectivity index (χ1n) is 4.39. The summed E-state index contributed by atoms with van der Waals surface area (Å²) in [5, 5.41) is 18.9. The second-order valence-electron chi connectivity index (χ2n) is 3.02. The van der Waals surface area contributed by atoms with Crippen LogP contribution in [0.5, 0.6) is 0 Å². The second-order valence-corrected chi connectivity index (χ2v) is 3.90. The molecule has 2 atom stereocenters. The molecule has 0 aliphatic heterocycles. The third-order valence-corrected chi connectivity index (χ3v) is 2.81. The summed E-state index contributed by atoms with van der Waals surface area (Å²) in [5.74, 6) is 0. The summed E-state index contributed by atoms with van der Waals surface area (Å²) in [5.41, 5.74) is 5.95. The second kappa shape index (κ2) is 5.36.